The Morgan fingerprint density at radius 1 is 1.25 bits per heavy atom. The molecule has 0 amide bonds. The van der Waals surface area contributed by atoms with E-state index in [2.05, 4.69) is 14.9 Å². The highest BCUT2D eigenvalue weighted by Gasteiger charge is 2.23. The lowest BCUT2D eigenvalue weighted by molar-refractivity contribution is 0.121. The van der Waals surface area contributed by atoms with Crippen LogP contribution in [0.5, 0.6) is 0 Å². The molecule has 1 aliphatic heterocycles. The summed E-state index contributed by atoms with van der Waals surface area (Å²) >= 11 is 0. The fourth-order valence-corrected chi connectivity index (χ4v) is 2.46. The van der Waals surface area contributed by atoms with Gasteiger partial charge in [-0.25, -0.2) is 9.97 Å². The van der Waals surface area contributed by atoms with E-state index in [1.54, 1.807) is 7.11 Å². The fraction of sp³-hybridized carbons (Fsp3) is 0.333. The second-order valence-electron chi connectivity index (χ2n) is 4.93. The number of benzene rings is 1. The van der Waals surface area contributed by atoms with E-state index < -0.39 is 0 Å². The van der Waals surface area contributed by atoms with Crippen LogP contribution in [-0.4, -0.2) is 36.3 Å². The quantitative estimate of drug-likeness (QED) is 0.923. The van der Waals surface area contributed by atoms with Crippen LogP contribution < -0.4 is 10.6 Å². The number of rotatable bonds is 3. The molecule has 1 fully saturated rings. The van der Waals surface area contributed by atoms with Crippen molar-refractivity contribution in [3.63, 3.8) is 0 Å². The van der Waals surface area contributed by atoms with Crippen molar-refractivity contribution in [1.29, 1.82) is 0 Å². The highest BCUT2D eigenvalue weighted by molar-refractivity contribution is 5.61. The third-order valence-corrected chi connectivity index (χ3v) is 3.57. The van der Waals surface area contributed by atoms with Gasteiger partial charge in [-0.05, 0) is 6.42 Å². The van der Waals surface area contributed by atoms with Gasteiger partial charge in [0, 0.05) is 31.8 Å². The summed E-state index contributed by atoms with van der Waals surface area (Å²) in [7, 11) is 1.75. The summed E-state index contributed by atoms with van der Waals surface area (Å²) in [5, 5.41) is 0. The maximum atomic E-state index is 5.92. The Bertz CT molecular complexity index is 588. The Morgan fingerprint density at radius 2 is 2.05 bits per heavy atom. The van der Waals surface area contributed by atoms with Gasteiger partial charge in [-0.3, -0.25) is 0 Å². The molecule has 0 bridgehead atoms. The zero-order chi connectivity index (χ0) is 13.9. The SMILES string of the molecule is COC1CCN(c2cc(N)nc(-c3ccccc3)n2)C1. The molecule has 1 aliphatic rings. The third kappa shape index (κ3) is 2.58. The lowest BCUT2D eigenvalue weighted by Crippen LogP contribution is -2.23. The van der Waals surface area contributed by atoms with Gasteiger partial charge in [-0.15, -0.1) is 0 Å². The Kier molecular flexibility index (Phi) is 3.52. The minimum atomic E-state index is 0.270. The molecule has 0 saturated carbocycles. The first-order valence-corrected chi connectivity index (χ1v) is 6.74. The van der Waals surface area contributed by atoms with E-state index in [9.17, 15) is 0 Å². The van der Waals surface area contributed by atoms with Gasteiger partial charge in [0.25, 0.3) is 0 Å². The van der Waals surface area contributed by atoms with Crippen molar-refractivity contribution in [2.24, 2.45) is 0 Å². The van der Waals surface area contributed by atoms with E-state index in [0.29, 0.717) is 11.6 Å². The van der Waals surface area contributed by atoms with Gasteiger partial charge in [-0.1, -0.05) is 30.3 Å². The molecule has 0 spiro atoms. The van der Waals surface area contributed by atoms with Crippen LogP contribution in [0.25, 0.3) is 11.4 Å². The van der Waals surface area contributed by atoms with Crippen LogP contribution in [-0.2, 0) is 4.74 Å². The van der Waals surface area contributed by atoms with Crippen LogP contribution in [0.3, 0.4) is 0 Å². The van der Waals surface area contributed by atoms with Gasteiger partial charge < -0.3 is 15.4 Å². The van der Waals surface area contributed by atoms with Crippen LogP contribution in [0.15, 0.2) is 36.4 Å². The van der Waals surface area contributed by atoms with Gasteiger partial charge in [0.05, 0.1) is 6.10 Å². The molecule has 0 aliphatic carbocycles. The van der Waals surface area contributed by atoms with E-state index in [0.717, 1.165) is 30.9 Å². The van der Waals surface area contributed by atoms with Gasteiger partial charge in [-0.2, -0.15) is 0 Å². The Labute approximate surface area is 118 Å². The molecule has 0 radical (unpaired) electrons. The third-order valence-electron chi connectivity index (χ3n) is 3.57. The second kappa shape index (κ2) is 5.46. The summed E-state index contributed by atoms with van der Waals surface area (Å²) in [6, 6.07) is 11.7. The summed E-state index contributed by atoms with van der Waals surface area (Å²) in [6.45, 7) is 1.78. The van der Waals surface area contributed by atoms with E-state index in [-0.39, 0.29) is 6.10 Å². The van der Waals surface area contributed by atoms with E-state index >= 15 is 0 Å². The van der Waals surface area contributed by atoms with Crippen molar-refractivity contribution >= 4 is 11.6 Å². The normalized spacial score (nSPS) is 18.4. The van der Waals surface area contributed by atoms with Crippen molar-refractivity contribution < 1.29 is 4.74 Å². The number of methoxy groups -OCH3 is 1. The minimum absolute atomic E-state index is 0.270. The molecule has 2 N–H and O–H groups in total. The minimum Gasteiger partial charge on any atom is -0.384 e. The van der Waals surface area contributed by atoms with Gasteiger partial charge >= 0.3 is 0 Å². The molecule has 1 saturated heterocycles. The first-order valence-electron chi connectivity index (χ1n) is 6.74. The van der Waals surface area contributed by atoms with Crippen LogP contribution in [0.1, 0.15) is 6.42 Å². The van der Waals surface area contributed by atoms with E-state index in [4.69, 9.17) is 10.5 Å². The van der Waals surface area contributed by atoms with Crippen LogP contribution in [0.2, 0.25) is 0 Å². The zero-order valence-electron chi connectivity index (χ0n) is 11.5. The van der Waals surface area contributed by atoms with Crippen LogP contribution >= 0.6 is 0 Å². The fourth-order valence-electron chi connectivity index (χ4n) is 2.46. The molecular formula is C15H18N4O. The van der Waals surface area contributed by atoms with Gasteiger partial charge in [0.1, 0.15) is 11.6 Å². The topological polar surface area (TPSA) is 64.3 Å². The van der Waals surface area contributed by atoms with Crippen LogP contribution in [0.4, 0.5) is 11.6 Å². The molecule has 1 unspecified atom stereocenters. The van der Waals surface area contributed by atoms with Crippen molar-refractivity contribution in [2.75, 3.05) is 30.8 Å². The molecule has 5 nitrogen and oxygen atoms in total. The highest BCUT2D eigenvalue weighted by atomic mass is 16.5. The second-order valence-corrected chi connectivity index (χ2v) is 4.93. The number of nitrogens with zero attached hydrogens (tertiary/aromatic N) is 3. The summed E-state index contributed by atoms with van der Waals surface area (Å²) in [6.07, 6.45) is 1.28. The van der Waals surface area contributed by atoms with Gasteiger partial charge in [0.15, 0.2) is 5.82 Å². The number of anilines is 2. The summed E-state index contributed by atoms with van der Waals surface area (Å²) in [5.74, 6) is 2.03. The zero-order valence-corrected chi connectivity index (χ0v) is 11.5. The molecule has 20 heavy (non-hydrogen) atoms. The number of hydrogen-bond acceptors (Lipinski definition) is 5. The monoisotopic (exact) mass is 270 g/mol. The summed E-state index contributed by atoms with van der Waals surface area (Å²) < 4.78 is 5.39. The molecule has 2 aromatic rings. The standard InChI is InChI=1S/C15H18N4O/c1-20-12-7-8-19(10-12)14-9-13(16)17-15(18-14)11-5-3-2-4-6-11/h2-6,9,12H,7-8,10H2,1H3,(H2,16,17,18). The Hall–Kier alpha value is -2.14. The van der Waals surface area contributed by atoms with Crippen molar-refractivity contribution in [3.8, 4) is 11.4 Å². The highest BCUT2D eigenvalue weighted by Crippen LogP contribution is 2.24. The number of nitrogen functional groups attached to an aromatic ring is 1. The smallest absolute Gasteiger partial charge is 0.163 e. The molecular weight excluding hydrogens is 252 g/mol. The number of hydrogen-bond donors (Lipinski definition) is 1. The van der Waals surface area contributed by atoms with Crippen molar-refractivity contribution in [3.05, 3.63) is 36.4 Å². The van der Waals surface area contributed by atoms with Crippen LogP contribution in [0, 0.1) is 0 Å². The molecule has 1 aromatic heterocycles. The predicted octanol–water partition coefficient (Wildman–Crippen LogP) is 1.95. The molecule has 104 valence electrons. The predicted molar refractivity (Wildman–Crippen MR) is 79.5 cm³/mol. The first kappa shape index (κ1) is 12.9. The Morgan fingerprint density at radius 3 is 2.75 bits per heavy atom. The lowest BCUT2D eigenvalue weighted by Gasteiger charge is -2.18. The molecule has 1 aromatic carbocycles. The summed E-state index contributed by atoms with van der Waals surface area (Å²) in [4.78, 5) is 11.2. The number of ether oxygens (including phenoxy) is 1. The molecule has 3 rings (SSSR count). The average Bonchev–Trinajstić information content (AvgIpc) is 2.96. The van der Waals surface area contributed by atoms with E-state index in [1.807, 2.05) is 36.4 Å². The Balaban J connectivity index is 1.92. The maximum absolute atomic E-state index is 5.92. The molecule has 5 heteroatoms. The number of aromatic nitrogens is 2. The van der Waals surface area contributed by atoms with Crippen molar-refractivity contribution in [1.82, 2.24) is 9.97 Å². The first-order chi connectivity index (χ1) is 9.76. The lowest BCUT2D eigenvalue weighted by atomic mass is 10.2. The summed E-state index contributed by atoms with van der Waals surface area (Å²) in [5.41, 5.74) is 6.90. The molecule has 1 atom stereocenters. The van der Waals surface area contributed by atoms with Gasteiger partial charge in [0.2, 0.25) is 0 Å². The average molecular weight is 270 g/mol. The maximum Gasteiger partial charge on any atom is 0.163 e. The largest absolute Gasteiger partial charge is 0.384 e. The molecule has 2 heterocycles. The van der Waals surface area contributed by atoms with Crippen molar-refractivity contribution in [2.45, 2.75) is 12.5 Å². The van der Waals surface area contributed by atoms with E-state index in [1.165, 1.54) is 0 Å². The number of nitrogens with two attached hydrogens (primary N) is 1.